The number of hydrogen-bond acceptors (Lipinski definition) is 3. The van der Waals surface area contributed by atoms with E-state index < -0.39 is 0 Å². The molecule has 3 rings (SSSR count). The van der Waals surface area contributed by atoms with Crippen LogP contribution in [0.5, 0.6) is 0 Å². The van der Waals surface area contributed by atoms with Crippen molar-refractivity contribution in [3.05, 3.63) is 65.9 Å². The van der Waals surface area contributed by atoms with Gasteiger partial charge < -0.3 is 9.73 Å². The molecule has 0 aliphatic carbocycles. The zero-order chi connectivity index (χ0) is 16.9. The Morgan fingerprint density at radius 1 is 1.25 bits per heavy atom. The predicted octanol–water partition coefficient (Wildman–Crippen LogP) is 3.44. The van der Waals surface area contributed by atoms with Crippen molar-refractivity contribution >= 4 is 5.91 Å². The first-order valence-electron chi connectivity index (χ1n) is 8.12. The third-order valence-corrected chi connectivity index (χ3v) is 3.97. The molecular formula is C19H21N3O2. The van der Waals surface area contributed by atoms with E-state index in [-0.39, 0.29) is 5.91 Å². The van der Waals surface area contributed by atoms with Crippen molar-refractivity contribution in [1.29, 1.82) is 0 Å². The summed E-state index contributed by atoms with van der Waals surface area (Å²) in [7, 11) is 0. The summed E-state index contributed by atoms with van der Waals surface area (Å²) >= 11 is 0. The minimum atomic E-state index is -0.0749. The Bertz CT molecular complexity index is 802. The molecule has 0 bridgehead atoms. The summed E-state index contributed by atoms with van der Waals surface area (Å²) < 4.78 is 7.17. The van der Waals surface area contributed by atoms with Crippen LogP contribution in [-0.2, 0) is 13.0 Å². The SMILES string of the molecule is CCn1cc(-c2ccc(C(=O)NCCc3ccco3)cc2)c(C)n1. The Morgan fingerprint density at radius 2 is 2.04 bits per heavy atom. The van der Waals surface area contributed by atoms with Gasteiger partial charge in [-0.2, -0.15) is 5.10 Å². The maximum absolute atomic E-state index is 12.2. The molecule has 2 heterocycles. The second-order valence-electron chi connectivity index (χ2n) is 5.65. The molecule has 1 aromatic carbocycles. The van der Waals surface area contributed by atoms with Gasteiger partial charge >= 0.3 is 0 Å². The largest absolute Gasteiger partial charge is 0.469 e. The molecule has 0 aliphatic heterocycles. The van der Waals surface area contributed by atoms with Gasteiger partial charge in [-0.25, -0.2) is 0 Å². The van der Waals surface area contributed by atoms with Crippen molar-refractivity contribution in [3.63, 3.8) is 0 Å². The molecule has 0 saturated carbocycles. The summed E-state index contributed by atoms with van der Waals surface area (Å²) in [4.78, 5) is 12.2. The van der Waals surface area contributed by atoms with Crippen LogP contribution in [0.4, 0.5) is 0 Å². The lowest BCUT2D eigenvalue weighted by molar-refractivity contribution is 0.0953. The molecule has 0 spiro atoms. The lowest BCUT2D eigenvalue weighted by Gasteiger charge is -2.05. The quantitative estimate of drug-likeness (QED) is 0.756. The molecule has 2 aromatic heterocycles. The number of carbonyl (C=O) groups is 1. The van der Waals surface area contributed by atoms with Crippen LogP contribution in [0, 0.1) is 6.92 Å². The summed E-state index contributed by atoms with van der Waals surface area (Å²) in [5, 5.41) is 7.36. The molecular weight excluding hydrogens is 302 g/mol. The molecule has 3 aromatic rings. The summed E-state index contributed by atoms with van der Waals surface area (Å²) in [6, 6.07) is 11.4. The number of amides is 1. The van der Waals surface area contributed by atoms with Crippen LogP contribution in [0.15, 0.2) is 53.3 Å². The van der Waals surface area contributed by atoms with Gasteiger partial charge in [0, 0.05) is 36.8 Å². The summed E-state index contributed by atoms with van der Waals surface area (Å²) in [5.74, 6) is 0.795. The third-order valence-electron chi connectivity index (χ3n) is 3.97. The molecule has 1 amide bonds. The summed E-state index contributed by atoms with van der Waals surface area (Å²) in [6.45, 7) is 5.45. The van der Waals surface area contributed by atoms with E-state index in [1.54, 1.807) is 6.26 Å². The highest BCUT2D eigenvalue weighted by Crippen LogP contribution is 2.22. The Hall–Kier alpha value is -2.82. The fourth-order valence-electron chi connectivity index (χ4n) is 2.62. The number of carbonyl (C=O) groups excluding carboxylic acids is 1. The van der Waals surface area contributed by atoms with E-state index in [0.29, 0.717) is 18.5 Å². The number of aromatic nitrogens is 2. The van der Waals surface area contributed by atoms with Crippen molar-refractivity contribution < 1.29 is 9.21 Å². The van der Waals surface area contributed by atoms with Crippen LogP contribution in [0.2, 0.25) is 0 Å². The van der Waals surface area contributed by atoms with Crippen LogP contribution < -0.4 is 5.32 Å². The fraction of sp³-hybridized carbons (Fsp3) is 0.263. The van der Waals surface area contributed by atoms with Gasteiger partial charge in [0.25, 0.3) is 5.91 Å². The fourth-order valence-corrected chi connectivity index (χ4v) is 2.62. The van der Waals surface area contributed by atoms with Gasteiger partial charge in [-0.1, -0.05) is 12.1 Å². The van der Waals surface area contributed by atoms with Crippen molar-refractivity contribution in [2.24, 2.45) is 0 Å². The van der Waals surface area contributed by atoms with E-state index in [4.69, 9.17) is 4.42 Å². The number of nitrogens with one attached hydrogen (secondary N) is 1. The Balaban J connectivity index is 1.63. The molecule has 0 atom stereocenters. The topological polar surface area (TPSA) is 60.1 Å². The van der Waals surface area contributed by atoms with E-state index in [1.165, 1.54) is 0 Å². The minimum Gasteiger partial charge on any atom is -0.469 e. The molecule has 0 radical (unpaired) electrons. The monoisotopic (exact) mass is 323 g/mol. The molecule has 0 fully saturated rings. The van der Waals surface area contributed by atoms with Gasteiger partial charge in [-0.05, 0) is 43.7 Å². The molecule has 5 heteroatoms. The molecule has 24 heavy (non-hydrogen) atoms. The summed E-state index contributed by atoms with van der Waals surface area (Å²) in [5.41, 5.74) is 3.81. The average Bonchev–Trinajstić information content (AvgIpc) is 3.24. The Labute approximate surface area is 141 Å². The van der Waals surface area contributed by atoms with E-state index in [9.17, 15) is 4.79 Å². The number of rotatable bonds is 6. The first-order valence-corrected chi connectivity index (χ1v) is 8.12. The normalized spacial score (nSPS) is 10.8. The number of benzene rings is 1. The van der Waals surface area contributed by atoms with Gasteiger partial charge in [-0.3, -0.25) is 9.48 Å². The lowest BCUT2D eigenvalue weighted by Crippen LogP contribution is -2.25. The first-order chi connectivity index (χ1) is 11.7. The highest BCUT2D eigenvalue weighted by Gasteiger charge is 2.09. The maximum Gasteiger partial charge on any atom is 0.251 e. The number of aryl methyl sites for hydroxylation is 2. The summed E-state index contributed by atoms with van der Waals surface area (Å²) in [6.07, 6.45) is 4.36. The molecule has 0 aliphatic rings. The third kappa shape index (κ3) is 3.56. The van der Waals surface area contributed by atoms with Crippen molar-refractivity contribution in [2.75, 3.05) is 6.54 Å². The molecule has 0 unspecified atom stereocenters. The van der Waals surface area contributed by atoms with Gasteiger partial charge in [0.2, 0.25) is 0 Å². The van der Waals surface area contributed by atoms with Gasteiger partial charge in [0.05, 0.1) is 12.0 Å². The Kier molecular flexibility index (Phi) is 4.79. The molecule has 124 valence electrons. The highest BCUT2D eigenvalue weighted by molar-refractivity contribution is 5.94. The van der Waals surface area contributed by atoms with E-state index in [0.717, 1.165) is 29.1 Å². The van der Waals surface area contributed by atoms with E-state index in [1.807, 2.05) is 54.2 Å². The highest BCUT2D eigenvalue weighted by atomic mass is 16.3. The molecule has 0 saturated heterocycles. The minimum absolute atomic E-state index is 0.0749. The standard InChI is InChI=1S/C19H21N3O2/c1-3-22-13-18(14(2)21-22)15-6-8-16(9-7-15)19(23)20-11-10-17-5-4-12-24-17/h4-9,12-13H,3,10-11H2,1-2H3,(H,20,23). The van der Waals surface area contributed by atoms with E-state index in [2.05, 4.69) is 17.3 Å². The van der Waals surface area contributed by atoms with Crippen LogP contribution in [0.25, 0.3) is 11.1 Å². The second-order valence-corrected chi connectivity index (χ2v) is 5.65. The van der Waals surface area contributed by atoms with Crippen molar-refractivity contribution in [3.8, 4) is 11.1 Å². The van der Waals surface area contributed by atoms with Crippen molar-refractivity contribution in [2.45, 2.75) is 26.8 Å². The second kappa shape index (κ2) is 7.17. The zero-order valence-electron chi connectivity index (χ0n) is 14.0. The number of nitrogens with zero attached hydrogens (tertiary/aromatic N) is 2. The average molecular weight is 323 g/mol. The zero-order valence-corrected chi connectivity index (χ0v) is 14.0. The van der Waals surface area contributed by atoms with Gasteiger partial charge in [0.1, 0.15) is 5.76 Å². The van der Waals surface area contributed by atoms with Crippen molar-refractivity contribution in [1.82, 2.24) is 15.1 Å². The van der Waals surface area contributed by atoms with Gasteiger partial charge in [-0.15, -0.1) is 0 Å². The lowest BCUT2D eigenvalue weighted by atomic mass is 10.0. The number of hydrogen-bond donors (Lipinski definition) is 1. The first kappa shape index (κ1) is 16.1. The maximum atomic E-state index is 12.2. The van der Waals surface area contributed by atoms with E-state index >= 15 is 0 Å². The molecule has 5 nitrogen and oxygen atoms in total. The van der Waals surface area contributed by atoms with Crippen LogP contribution >= 0.6 is 0 Å². The van der Waals surface area contributed by atoms with Crippen LogP contribution in [-0.4, -0.2) is 22.2 Å². The predicted molar refractivity (Wildman–Crippen MR) is 92.8 cm³/mol. The Morgan fingerprint density at radius 3 is 2.67 bits per heavy atom. The van der Waals surface area contributed by atoms with Crippen LogP contribution in [0.1, 0.15) is 28.7 Å². The van der Waals surface area contributed by atoms with Crippen LogP contribution in [0.3, 0.4) is 0 Å². The van der Waals surface area contributed by atoms with Gasteiger partial charge in [0.15, 0.2) is 0 Å². The number of furan rings is 1. The smallest absolute Gasteiger partial charge is 0.251 e. The molecule has 1 N–H and O–H groups in total.